The summed E-state index contributed by atoms with van der Waals surface area (Å²) in [5.41, 5.74) is 2.29. The van der Waals surface area contributed by atoms with Crippen LogP contribution in [0.15, 0.2) is 28.7 Å². The van der Waals surface area contributed by atoms with E-state index in [1.165, 1.54) is 16.3 Å². The van der Waals surface area contributed by atoms with Crippen molar-refractivity contribution in [1.29, 1.82) is 0 Å². The van der Waals surface area contributed by atoms with Gasteiger partial charge in [0.2, 0.25) is 0 Å². The Bertz CT molecular complexity index is 463. The first kappa shape index (κ1) is 9.53. The summed E-state index contributed by atoms with van der Waals surface area (Å²) < 4.78 is 5.92. The Morgan fingerprint density at radius 1 is 1.14 bits per heavy atom. The van der Waals surface area contributed by atoms with E-state index in [1.54, 1.807) is 0 Å². The monoisotopic (exact) mass is 204 g/mol. The molecule has 1 aromatic heterocycles. The van der Waals surface area contributed by atoms with Gasteiger partial charge in [0.05, 0.1) is 5.38 Å². The van der Waals surface area contributed by atoms with Crippen molar-refractivity contribution in [3.05, 3.63) is 29.8 Å². The van der Waals surface area contributed by atoms with Crippen molar-refractivity contribution in [2.24, 2.45) is 0 Å². The fraction of sp³-hybridized carbons (Fsp3) is 0.333. The molecule has 2 heteroatoms. The predicted molar refractivity (Wildman–Crippen MR) is 63.9 cm³/mol. The molecule has 0 aliphatic rings. The maximum Gasteiger partial charge on any atom is 0.136 e. The van der Waals surface area contributed by atoms with E-state index in [9.17, 15) is 0 Å². The van der Waals surface area contributed by atoms with Crippen LogP contribution in [0.3, 0.4) is 0 Å². The van der Waals surface area contributed by atoms with Crippen molar-refractivity contribution in [1.82, 2.24) is 0 Å². The van der Waals surface area contributed by atoms with E-state index in [4.69, 9.17) is 4.42 Å². The van der Waals surface area contributed by atoms with Crippen molar-refractivity contribution < 1.29 is 4.42 Å². The van der Waals surface area contributed by atoms with E-state index in [0.29, 0.717) is 0 Å². The SMILES string of the molecule is Cc1cccc2cc([Si](C)(C)C)oc12. The normalized spacial score (nSPS) is 12.3. The molecule has 2 rings (SSSR count). The van der Waals surface area contributed by atoms with E-state index >= 15 is 0 Å². The van der Waals surface area contributed by atoms with Crippen LogP contribution >= 0.6 is 0 Å². The van der Waals surface area contributed by atoms with Gasteiger partial charge < -0.3 is 4.42 Å². The quantitative estimate of drug-likeness (QED) is 0.650. The van der Waals surface area contributed by atoms with Crippen molar-refractivity contribution >= 4 is 24.4 Å². The van der Waals surface area contributed by atoms with Crippen LogP contribution in [-0.4, -0.2) is 8.07 Å². The van der Waals surface area contributed by atoms with Crippen LogP contribution in [0.5, 0.6) is 0 Å². The summed E-state index contributed by atoms with van der Waals surface area (Å²) in [5.74, 6) is 0. The number of para-hydroxylation sites is 1. The second-order valence-corrected chi connectivity index (χ2v) is 9.85. The Balaban J connectivity index is 2.69. The summed E-state index contributed by atoms with van der Waals surface area (Å²) in [6, 6.07) is 8.50. The van der Waals surface area contributed by atoms with Crippen molar-refractivity contribution in [2.75, 3.05) is 0 Å². The van der Waals surface area contributed by atoms with E-state index < -0.39 is 8.07 Å². The lowest BCUT2D eigenvalue weighted by Crippen LogP contribution is -2.36. The van der Waals surface area contributed by atoms with Gasteiger partial charge in [-0.15, -0.1) is 0 Å². The number of aryl methyl sites for hydroxylation is 1. The molecule has 0 amide bonds. The predicted octanol–water partition coefficient (Wildman–Crippen LogP) is 3.29. The summed E-state index contributed by atoms with van der Waals surface area (Å²) in [7, 11) is -1.31. The first-order valence-corrected chi connectivity index (χ1v) is 8.48. The third-order valence-electron chi connectivity index (χ3n) is 2.48. The van der Waals surface area contributed by atoms with Gasteiger partial charge in [-0.25, -0.2) is 0 Å². The van der Waals surface area contributed by atoms with E-state index in [2.05, 4.69) is 50.8 Å². The molecule has 1 nitrogen and oxygen atoms in total. The van der Waals surface area contributed by atoms with Gasteiger partial charge in [0, 0.05) is 5.39 Å². The first-order valence-electron chi connectivity index (χ1n) is 4.98. The average Bonchev–Trinajstić information content (AvgIpc) is 2.48. The van der Waals surface area contributed by atoms with Crippen LogP contribution in [0.4, 0.5) is 0 Å². The van der Waals surface area contributed by atoms with Gasteiger partial charge in [0.25, 0.3) is 0 Å². The first-order chi connectivity index (χ1) is 6.48. The molecule has 1 heterocycles. The molecule has 1 aromatic carbocycles. The number of hydrogen-bond donors (Lipinski definition) is 0. The summed E-state index contributed by atoms with van der Waals surface area (Å²) in [4.78, 5) is 0. The number of rotatable bonds is 1. The van der Waals surface area contributed by atoms with Gasteiger partial charge in [-0.1, -0.05) is 37.8 Å². The zero-order valence-corrected chi connectivity index (χ0v) is 10.2. The Hall–Kier alpha value is -1.02. The van der Waals surface area contributed by atoms with Crippen LogP contribution in [0, 0.1) is 6.92 Å². The molecule has 74 valence electrons. The second kappa shape index (κ2) is 2.99. The van der Waals surface area contributed by atoms with Gasteiger partial charge in [0.1, 0.15) is 13.7 Å². The molecule has 0 fully saturated rings. The van der Waals surface area contributed by atoms with E-state index in [1.807, 2.05) is 0 Å². The van der Waals surface area contributed by atoms with Crippen molar-refractivity contribution in [3.8, 4) is 0 Å². The summed E-state index contributed by atoms with van der Waals surface area (Å²) in [6.07, 6.45) is 0. The maximum absolute atomic E-state index is 5.92. The lowest BCUT2D eigenvalue weighted by Gasteiger charge is -2.10. The highest BCUT2D eigenvalue weighted by molar-refractivity contribution is 6.87. The Labute approximate surface area is 85.7 Å². The highest BCUT2D eigenvalue weighted by Crippen LogP contribution is 2.19. The van der Waals surface area contributed by atoms with E-state index in [-0.39, 0.29) is 0 Å². The third-order valence-corrected chi connectivity index (χ3v) is 4.20. The fourth-order valence-electron chi connectivity index (χ4n) is 1.58. The second-order valence-electron chi connectivity index (χ2n) is 4.85. The molecule has 14 heavy (non-hydrogen) atoms. The van der Waals surface area contributed by atoms with Crippen LogP contribution in [0.1, 0.15) is 5.56 Å². The van der Waals surface area contributed by atoms with Gasteiger partial charge in [-0.3, -0.25) is 0 Å². The lowest BCUT2D eigenvalue weighted by atomic mass is 10.2. The lowest BCUT2D eigenvalue weighted by molar-refractivity contribution is 0.645. The molecule has 0 spiro atoms. The Morgan fingerprint density at radius 3 is 2.43 bits per heavy atom. The van der Waals surface area contributed by atoms with Gasteiger partial charge >= 0.3 is 0 Å². The molecule has 0 aliphatic carbocycles. The van der Waals surface area contributed by atoms with Crippen molar-refractivity contribution in [2.45, 2.75) is 26.6 Å². The van der Waals surface area contributed by atoms with Gasteiger partial charge in [-0.05, 0) is 18.6 Å². The van der Waals surface area contributed by atoms with Crippen molar-refractivity contribution in [3.63, 3.8) is 0 Å². The topological polar surface area (TPSA) is 13.1 Å². The molecular formula is C12H16OSi. The summed E-state index contributed by atoms with van der Waals surface area (Å²) >= 11 is 0. The van der Waals surface area contributed by atoms with E-state index in [0.717, 1.165) is 5.58 Å². The molecular weight excluding hydrogens is 188 g/mol. The average molecular weight is 204 g/mol. The fourth-order valence-corrected chi connectivity index (χ4v) is 2.58. The number of hydrogen-bond acceptors (Lipinski definition) is 1. The van der Waals surface area contributed by atoms with Crippen LogP contribution in [-0.2, 0) is 0 Å². The summed E-state index contributed by atoms with van der Waals surface area (Å²) in [6.45, 7) is 9.01. The minimum Gasteiger partial charge on any atom is -0.466 e. The smallest absolute Gasteiger partial charge is 0.136 e. The maximum atomic E-state index is 5.92. The third kappa shape index (κ3) is 1.50. The standard InChI is InChI=1S/C12H16OSi/c1-9-6-5-7-10-8-11(13-12(9)10)14(2,3)4/h5-8H,1-4H3. The summed E-state index contributed by atoms with van der Waals surface area (Å²) in [5, 5.41) is 2.43. The van der Waals surface area contributed by atoms with Crippen LogP contribution in [0.2, 0.25) is 19.6 Å². The van der Waals surface area contributed by atoms with Crippen LogP contribution < -0.4 is 5.38 Å². The molecule has 0 atom stereocenters. The largest absolute Gasteiger partial charge is 0.466 e. The molecule has 0 bridgehead atoms. The molecule has 0 radical (unpaired) electrons. The molecule has 0 unspecified atom stereocenters. The minimum atomic E-state index is -1.31. The van der Waals surface area contributed by atoms with Gasteiger partial charge in [-0.2, -0.15) is 0 Å². The number of fused-ring (bicyclic) bond motifs is 1. The minimum absolute atomic E-state index is 1.06. The molecule has 2 aromatic rings. The Morgan fingerprint density at radius 2 is 1.86 bits per heavy atom. The van der Waals surface area contributed by atoms with Crippen LogP contribution in [0.25, 0.3) is 11.0 Å². The zero-order chi connectivity index (χ0) is 10.3. The number of benzene rings is 1. The molecule has 0 N–H and O–H groups in total. The van der Waals surface area contributed by atoms with Gasteiger partial charge in [0.15, 0.2) is 0 Å². The highest BCUT2D eigenvalue weighted by Gasteiger charge is 2.21. The molecule has 0 saturated carbocycles. The molecule has 0 saturated heterocycles. The molecule has 0 aliphatic heterocycles. The zero-order valence-electron chi connectivity index (χ0n) is 9.22. The highest BCUT2D eigenvalue weighted by atomic mass is 28.3. The Kier molecular flexibility index (Phi) is 2.03. The number of furan rings is 1.